The number of nitro benzene ring substituents is 2. The Kier molecular flexibility index (Phi) is 11.6. The fourth-order valence-electron chi connectivity index (χ4n) is 6.24. The summed E-state index contributed by atoms with van der Waals surface area (Å²) in [4.78, 5) is 24.7. The van der Waals surface area contributed by atoms with Gasteiger partial charge in [-0.2, -0.15) is 0 Å². The van der Waals surface area contributed by atoms with Crippen LogP contribution in [0.5, 0.6) is 11.5 Å². The molecule has 1 N–H and O–H groups in total. The van der Waals surface area contributed by atoms with Gasteiger partial charge in [0.05, 0.1) is 16.4 Å². The van der Waals surface area contributed by atoms with E-state index in [1.54, 1.807) is 18.2 Å². The van der Waals surface area contributed by atoms with Gasteiger partial charge in [0.15, 0.2) is 0 Å². The third-order valence-electron chi connectivity index (χ3n) is 9.31. The van der Waals surface area contributed by atoms with Gasteiger partial charge in [0.25, 0.3) is 11.4 Å². The quantitative estimate of drug-likeness (QED) is 0.0531. The summed E-state index contributed by atoms with van der Waals surface area (Å²) in [5.41, 5.74) is 3.92. The molecule has 0 fully saturated rings. The van der Waals surface area contributed by atoms with E-state index in [-0.39, 0.29) is 16.3 Å². The van der Waals surface area contributed by atoms with Gasteiger partial charge in [-0.25, -0.2) is 0 Å². The first-order chi connectivity index (χ1) is 24.9. The van der Waals surface area contributed by atoms with Crippen LogP contribution in [0.1, 0.15) is 38.8 Å². The number of nitrogens with zero attached hydrogens (tertiary/aromatic N) is 3. The van der Waals surface area contributed by atoms with Crippen LogP contribution in [-0.4, -0.2) is 36.1 Å². The molecule has 4 aromatic rings. The van der Waals surface area contributed by atoms with E-state index in [1.165, 1.54) is 12.1 Å². The summed E-state index contributed by atoms with van der Waals surface area (Å²) in [7, 11) is 0. The van der Waals surface area contributed by atoms with Crippen molar-refractivity contribution in [3.8, 4) is 11.5 Å². The molecule has 0 atom stereocenters. The average Bonchev–Trinajstić information content (AvgIpc) is 3.34. The molecule has 0 saturated carbocycles. The number of hydrogen-bond acceptors (Lipinski definition) is 8. The van der Waals surface area contributed by atoms with E-state index >= 15 is 0 Å². The van der Waals surface area contributed by atoms with Crippen LogP contribution in [0.3, 0.4) is 0 Å². The molecule has 0 radical (unpaired) electrons. The Labute approximate surface area is 304 Å². The molecule has 0 saturated heterocycles. The lowest BCUT2D eigenvalue weighted by Crippen LogP contribution is -2.29. The first-order valence-electron chi connectivity index (χ1n) is 17.1. The second-order valence-electron chi connectivity index (χ2n) is 13.4. The van der Waals surface area contributed by atoms with Gasteiger partial charge in [0.1, 0.15) is 24.7 Å². The molecule has 10 heteroatoms. The molecule has 0 amide bonds. The third-order valence-corrected chi connectivity index (χ3v) is 9.31. The number of rotatable bonds is 16. The fourth-order valence-corrected chi connectivity index (χ4v) is 6.24. The first kappa shape index (κ1) is 37.1. The van der Waals surface area contributed by atoms with Crippen molar-refractivity contribution in [1.29, 1.82) is 0 Å². The summed E-state index contributed by atoms with van der Waals surface area (Å²) >= 11 is 0. The van der Waals surface area contributed by atoms with E-state index in [2.05, 4.69) is 30.6 Å². The molecule has 5 rings (SSSR count). The van der Waals surface area contributed by atoms with Crippen molar-refractivity contribution in [3.05, 3.63) is 177 Å². The molecule has 0 spiro atoms. The van der Waals surface area contributed by atoms with E-state index in [0.29, 0.717) is 26.3 Å². The second-order valence-corrected chi connectivity index (χ2v) is 13.4. The summed E-state index contributed by atoms with van der Waals surface area (Å²) < 4.78 is 11.8. The van der Waals surface area contributed by atoms with Crippen molar-refractivity contribution >= 4 is 22.7 Å². The van der Waals surface area contributed by atoms with E-state index in [9.17, 15) is 20.2 Å². The van der Waals surface area contributed by atoms with E-state index in [0.717, 1.165) is 45.3 Å². The van der Waals surface area contributed by atoms with Crippen LogP contribution < -0.4 is 19.7 Å². The molecule has 268 valence electrons. The zero-order valence-electron chi connectivity index (χ0n) is 30.0. The highest BCUT2D eigenvalue weighted by atomic mass is 16.6. The van der Waals surface area contributed by atoms with Crippen molar-refractivity contribution in [2.75, 3.05) is 36.5 Å². The predicted molar refractivity (Wildman–Crippen MR) is 207 cm³/mol. The number of non-ortho nitro benzene ring substituents is 2. The SMILES string of the molecule is C=C(/C=C/C=C/C=C1/N(CCOc2ccccc2)c2ccc([N+](=O)[O-])cc2C1(C)C)C(C)(C)c1cc([N+](=O)[O-])ccc1NCCOc1ccccc1. The van der Waals surface area contributed by atoms with Crippen LogP contribution in [0, 0.1) is 20.2 Å². The van der Waals surface area contributed by atoms with Crippen molar-refractivity contribution in [2.45, 2.75) is 38.5 Å². The molecule has 52 heavy (non-hydrogen) atoms. The minimum Gasteiger partial charge on any atom is -0.492 e. The molecule has 0 bridgehead atoms. The van der Waals surface area contributed by atoms with Gasteiger partial charge in [0, 0.05) is 58.7 Å². The van der Waals surface area contributed by atoms with Gasteiger partial charge in [-0.1, -0.05) is 95.0 Å². The zero-order chi connectivity index (χ0) is 37.3. The fraction of sp³-hybridized carbons (Fsp3) is 0.238. The number of para-hydroxylation sites is 2. The van der Waals surface area contributed by atoms with Crippen LogP contribution in [0.25, 0.3) is 0 Å². The average molecular weight is 701 g/mol. The van der Waals surface area contributed by atoms with E-state index < -0.39 is 15.8 Å². The first-order valence-corrected chi connectivity index (χ1v) is 17.1. The normalized spacial score (nSPS) is 14.5. The monoisotopic (exact) mass is 700 g/mol. The highest BCUT2D eigenvalue weighted by Crippen LogP contribution is 2.48. The molecular formula is C42H44N4O6. The Morgan fingerprint density at radius 1 is 0.827 bits per heavy atom. The Bertz CT molecular complexity index is 2000. The maximum absolute atomic E-state index is 11.7. The number of hydrogen-bond donors (Lipinski definition) is 1. The van der Waals surface area contributed by atoms with Gasteiger partial charge < -0.3 is 19.7 Å². The maximum atomic E-state index is 11.7. The molecule has 10 nitrogen and oxygen atoms in total. The number of nitro groups is 2. The summed E-state index contributed by atoms with van der Waals surface area (Å²) in [5.74, 6) is 1.54. The van der Waals surface area contributed by atoms with Crippen molar-refractivity contribution < 1.29 is 19.3 Å². The van der Waals surface area contributed by atoms with Crippen molar-refractivity contribution in [3.63, 3.8) is 0 Å². The number of allylic oxidation sites excluding steroid dienone is 7. The Balaban J connectivity index is 1.32. The maximum Gasteiger partial charge on any atom is 0.269 e. The summed E-state index contributed by atoms with van der Waals surface area (Å²) in [6, 6.07) is 28.9. The van der Waals surface area contributed by atoms with E-state index in [1.807, 2.05) is 111 Å². The minimum atomic E-state index is -0.656. The molecule has 4 aromatic carbocycles. The summed E-state index contributed by atoms with van der Waals surface area (Å²) in [5, 5.41) is 26.7. The number of ether oxygens (including phenoxy) is 2. The predicted octanol–water partition coefficient (Wildman–Crippen LogP) is 9.70. The minimum absolute atomic E-state index is 0.00156. The lowest BCUT2D eigenvalue weighted by Gasteiger charge is -2.29. The summed E-state index contributed by atoms with van der Waals surface area (Å²) in [6.07, 6.45) is 9.66. The van der Waals surface area contributed by atoms with Crippen LogP contribution in [0.4, 0.5) is 22.7 Å². The molecular weight excluding hydrogens is 656 g/mol. The topological polar surface area (TPSA) is 120 Å². The van der Waals surface area contributed by atoms with Gasteiger partial charge in [-0.15, -0.1) is 0 Å². The van der Waals surface area contributed by atoms with Crippen molar-refractivity contribution in [2.24, 2.45) is 0 Å². The molecule has 0 aromatic heterocycles. The summed E-state index contributed by atoms with van der Waals surface area (Å²) in [6.45, 7) is 14.3. The van der Waals surface area contributed by atoms with Crippen LogP contribution in [0.15, 0.2) is 145 Å². The molecule has 0 unspecified atom stereocenters. The van der Waals surface area contributed by atoms with Crippen LogP contribution >= 0.6 is 0 Å². The number of fused-ring (bicyclic) bond motifs is 1. The number of nitrogens with one attached hydrogen (secondary N) is 1. The van der Waals surface area contributed by atoms with Gasteiger partial charge in [0.2, 0.25) is 0 Å². The highest BCUT2D eigenvalue weighted by Gasteiger charge is 2.40. The standard InChI is InChI=1S/C42H44N4O6/c1-31(41(2,3)36-29-32(45(47)48)21-23-38(36)43-25-27-51-34-16-10-7-11-17-34)15-9-6-14-20-40-42(4,5)37-30-33(46(49)50)22-24-39(37)44(40)26-28-52-35-18-12-8-13-19-35/h6-24,29-30,43H,1,25-28H2,2-5H3/b14-6+,15-9+,40-20+. The molecule has 1 aliphatic rings. The molecule has 1 aliphatic heterocycles. The second kappa shape index (κ2) is 16.2. The number of anilines is 2. The Morgan fingerprint density at radius 2 is 1.42 bits per heavy atom. The Hall–Kier alpha value is -6.16. The van der Waals surface area contributed by atoms with Gasteiger partial charge >= 0.3 is 0 Å². The van der Waals surface area contributed by atoms with Gasteiger partial charge in [-0.05, 0) is 59.2 Å². The lowest BCUT2D eigenvalue weighted by molar-refractivity contribution is -0.385. The number of benzene rings is 4. The van der Waals surface area contributed by atoms with Crippen LogP contribution in [0.2, 0.25) is 0 Å². The van der Waals surface area contributed by atoms with Gasteiger partial charge in [-0.3, -0.25) is 20.2 Å². The lowest BCUT2D eigenvalue weighted by atomic mass is 9.77. The van der Waals surface area contributed by atoms with Crippen LogP contribution in [-0.2, 0) is 10.8 Å². The highest BCUT2D eigenvalue weighted by molar-refractivity contribution is 5.73. The molecule has 1 heterocycles. The zero-order valence-corrected chi connectivity index (χ0v) is 30.0. The Morgan fingerprint density at radius 3 is 2.06 bits per heavy atom. The molecule has 0 aliphatic carbocycles. The third kappa shape index (κ3) is 8.58. The smallest absolute Gasteiger partial charge is 0.269 e. The largest absolute Gasteiger partial charge is 0.492 e. The van der Waals surface area contributed by atoms with E-state index in [4.69, 9.17) is 9.47 Å². The van der Waals surface area contributed by atoms with Crippen molar-refractivity contribution in [1.82, 2.24) is 0 Å².